The lowest BCUT2D eigenvalue weighted by Crippen LogP contribution is -2.44. The number of carboxylic acids is 1. The van der Waals surface area contributed by atoms with Crippen molar-refractivity contribution in [3.05, 3.63) is 0 Å². The average molecular weight is 277 g/mol. The molecule has 0 aromatic carbocycles. The summed E-state index contributed by atoms with van der Waals surface area (Å²) in [6.07, 6.45) is 3.75. The maximum atomic E-state index is 11.8. The summed E-state index contributed by atoms with van der Waals surface area (Å²) in [5.74, 6) is -0.607. The molecule has 1 aliphatic carbocycles. The van der Waals surface area contributed by atoms with Crippen LogP contribution < -0.4 is 4.72 Å². The molecule has 18 heavy (non-hydrogen) atoms. The fourth-order valence-electron chi connectivity index (χ4n) is 2.62. The molecule has 1 rings (SSSR count). The summed E-state index contributed by atoms with van der Waals surface area (Å²) in [6.45, 7) is 4.21. The first kappa shape index (κ1) is 15.4. The van der Waals surface area contributed by atoms with Crippen LogP contribution in [0.15, 0.2) is 0 Å². The first-order chi connectivity index (χ1) is 8.32. The zero-order valence-corrected chi connectivity index (χ0v) is 11.9. The fourth-order valence-corrected chi connectivity index (χ4v) is 3.93. The van der Waals surface area contributed by atoms with Crippen molar-refractivity contribution in [2.24, 2.45) is 11.8 Å². The van der Waals surface area contributed by atoms with E-state index in [1.165, 1.54) is 0 Å². The van der Waals surface area contributed by atoms with Crippen LogP contribution >= 0.6 is 0 Å². The van der Waals surface area contributed by atoms with E-state index in [1.807, 2.05) is 0 Å². The van der Waals surface area contributed by atoms with Crippen LogP contribution in [0.3, 0.4) is 0 Å². The zero-order chi connectivity index (χ0) is 13.8. The fraction of sp³-hybridized carbons (Fsp3) is 0.917. The van der Waals surface area contributed by atoms with Crippen LogP contribution in [0.1, 0.15) is 46.0 Å². The maximum absolute atomic E-state index is 11.8. The second-order valence-corrected chi connectivity index (χ2v) is 7.25. The van der Waals surface area contributed by atoms with Gasteiger partial charge in [0, 0.05) is 6.04 Å². The Morgan fingerprint density at radius 3 is 2.50 bits per heavy atom. The highest BCUT2D eigenvalue weighted by molar-refractivity contribution is 7.89. The first-order valence-electron chi connectivity index (χ1n) is 6.53. The molecule has 5 nitrogen and oxygen atoms in total. The zero-order valence-electron chi connectivity index (χ0n) is 11.1. The van der Waals surface area contributed by atoms with Gasteiger partial charge >= 0.3 is 5.97 Å². The van der Waals surface area contributed by atoms with Crippen molar-refractivity contribution in [3.63, 3.8) is 0 Å². The van der Waals surface area contributed by atoms with Gasteiger partial charge < -0.3 is 5.11 Å². The molecule has 0 aromatic heterocycles. The molecule has 0 radical (unpaired) electrons. The lowest BCUT2D eigenvalue weighted by atomic mass is 9.78. The summed E-state index contributed by atoms with van der Waals surface area (Å²) in [6, 6.07) is -0.0301. The Balaban J connectivity index is 2.60. The number of rotatable bonds is 6. The number of hydrogen-bond acceptors (Lipinski definition) is 3. The lowest BCUT2D eigenvalue weighted by Gasteiger charge is -2.34. The molecule has 0 aliphatic heterocycles. The topological polar surface area (TPSA) is 83.5 Å². The van der Waals surface area contributed by atoms with Gasteiger partial charge in [-0.1, -0.05) is 26.7 Å². The smallest absolute Gasteiger partial charge is 0.304 e. The first-order valence-corrected chi connectivity index (χ1v) is 8.19. The molecule has 2 atom stereocenters. The van der Waals surface area contributed by atoms with Crippen LogP contribution in [-0.2, 0) is 14.8 Å². The van der Waals surface area contributed by atoms with E-state index in [2.05, 4.69) is 18.6 Å². The number of sulfonamides is 1. The molecule has 0 amide bonds. The summed E-state index contributed by atoms with van der Waals surface area (Å²) in [5, 5.41) is 8.53. The third-order valence-electron chi connectivity index (χ3n) is 3.59. The van der Waals surface area contributed by atoms with Gasteiger partial charge in [-0.25, -0.2) is 13.1 Å². The Labute approximate surface area is 109 Å². The van der Waals surface area contributed by atoms with E-state index in [1.54, 1.807) is 0 Å². The van der Waals surface area contributed by atoms with Crippen LogP contribution in [0.4, 0.5) is 0 Å². The molecule has 0 saturated heterocycles. The number of nitrogens with one attached hydrogen (secondary N) is 1. The Morgan fingerprint density at radius 1 is 1.33 bits per heavy atom. The Bertz CT molecular complexity index is 378. The number of aliphatic carboxylic acids is 1. The number of carbonyl (C=O) groups is 1. The van der Waals surface area contributed by atoms with Crippen molar-refractivity contribution in [1.29, 1.82) is 0 Å². The van der Waals surface area contributed by atoms with Crippen LogP contribution in [-0.4, -0.2) is 31.3 Å². The predicted octanol–water partition coefficient (Wildman–Crippen LogP) is 1.60. The molecule has 0 heterocycles. The highest BCUT2D eigenvalue weighted by Crippen LogP contribution is 2.30. The molecule has 2 N–H and O–H groups in total. The normalized spacial score (nSPS) is 25.3. The number of hydrogen-bond donors (Lipinski definition) is 2. The highest BCUT2D eigenvalue weighted by atomic mass is 32.2. The monoisotopic (exact) mass is 277 g/mol. The summed E-state index contributed by atoms with van der Waals surface area (Å²) < 4.78 is 26.3. The molecular weight excluding hydrogens is 254 g/mol. The van der Waals surface area contributed by atoms with E-state index in [4.69, 9.17) is 5.11 Å². The van der Waals surface area contributed by atoms with Crippen LogP contribution in [0, 0.1) is 11.8 Å². The lowest BCUT2D eigenvalue weighted by molar-refractivity contribution is -0.136. The molecule has 1 saturated carbocycles. The molecule has 0 aromatic rings. The van der Waals surface area contributed by atoms with Gasteiger partial charge in [-0.05, 0) is 24.7 Å². The average Bonchev–Trinajstić information content (AvgIpc) is 2.26. The van der Waals surface area contributed by atoms with Crippen molar-refractivity contribution in [1.82, 2.24) is 4.72 Å². The van der Waals surface area contributed by atoms with Gasteiger partial charge in [0.15, 0.2) is 0 Å². The van der Waals surface area contributed by atoms with Gasteiger partial charge in [0.2, 0.25) is 10.0 Å². The van der Waals surface area contributed by atoms with E-state index >= 15 is 0 Å². The molecule has 2 unspecified atom stereocenters. The van der Waals surface area contributed by atoms with Crippen molar-refractivity contribution in [3.8, 4) is 0 Å². The molecule has 0 spiro atoms. The van der Waals surface area contributed by atoms with Gasteiger partial charge in [-0.3, -0.25) is 4.79 Å². The van der Waals surface area contributed by atoms with Crippen molar-refractivity contribution < 1.29 is 18.3 Å². The Hall–Kier alpha value is -0.620. The van der Waals surface area contributed by atoms with E-state index in [0.29, 0.717) is 11.8 Å². The largest absolute Gasteiger partial charge is 0.481 e. The summed E-state index contributed by atoms with van der Waals surface area (Å²) in [4.78, 5) is 10.4. The minimum Gasteiger partial charge on any atom is -0.481 e. The second kappa shape index (κ2) is 6.52. The predicted molar refractivity (Wildman–Crippen MR) is 69.8 cm³/mol. The van der Waals surface area contributed by atoms with E-state index in [-0.39, 0.29) is 18.2 Å². The highest BCUT2D eigenvalue weighted by Gasteiger charge is 2.30. The van der Waals surface area contributed by atoms with Crippen LogP contribution in [0.2, 0.25) is 0 Å². The van der Waals surface area contributed by atoms with E-state index < -0.39 is 16.0 Å². The van der Waals surface area contributed by atoms with Gasteiger partial charge in [0.05, 0.1) is 12.2 Å². The van der Waals surface area contributed by atoms with Crippen LogP contribution in [0.25, 0.3) is 0 Å². The van der Waals surface area contributed by atoms with Crippen molar-refractivity contribution >= 4 is 16.0 Å². The van der Waals surface area contributed by atoms with E-state index in [9.17, 15) is 13.2 Å². The molecule has 0 bridgehead atoms. The molecule has 6 heteroatoms. The van der Waals surface area contributed by atoms with Gasteiger partial charge in [0.1, 0.15) is 0 Å². The quantitative estimate of drug-likeness (QED) is 0.772. The maximum Gasteiger partial charge on any atom is 0.304 e. The minimum absolute atomic E-state index is 0.0301. The molecule has 106 valence electrons. The standard InChI is InChI=1S/C12H23NO4S/c1-9(2)10-5-3-4-6-11(10)13-18(16,17)8-7-12(14)15/h9-11,13H,3-8H2,1-2H3,(H,14,15). The van der Waals surface area contributed by atoms with E-state index in [0.717, 1.165) is 25.7 Å². The SMILES string of the molecule is CC(C)C1CCCCC1NS(=O)(=O)CCC(=O)O. The second-order valence-electron chi connectivity index (χ2n) is 5.38. The summed E-state index contributed by atoms with van der Waals surface area (Å²) >= 11 is 0. The van der Waals surface area contributed by atoms with Crippen molar-refractivity contribution in [2.45, 2.75) is 52.0 Å². The molecular formula is C12H23NO4S. The molecule has 1 fully saturated rings. The number of carboxylic acid groups (broad SMARTS) is 1. The van der Waals surface area contributed by atoms with Crippen molar-refractivity contribution in [2.75, 3.05) is 5.75 Å². The van der Waals surface area contributed by atoms with Gasteiger partial charge in [0.25, 0.3) is 0 Å². The van der Waals surface area contributed by atoms with Gasteiger partial charge in [-0.2, -0.15) is 0 Å². The summed E-state index contributed by atoms with van der Waals surface area (Å²) in [5.41, 5.74) is 0. The Morgan fingerprint density at radius 2 is 1.94 bits per heavy atom. The molecule has 1 aliphatic rings. The summed E-state index contributed by atoms with van der Waals surface area (Å²) in [7, 11) is -3.47. The minimum atomic E-state index is -3.47. The van der Waals surface area contributed by atoms with Crippen LogP contribution in [0.5, 0.6) is 0 Å². The van der Waals surface area contributed by atoms with Gasteiger partial charge in [-0.15, -0.1) is 0 Å². The third-order valence-corrected chi connectivity index (χ3v) is 4.99. The third kappa shape index (κ3) is 4.94. The Kier molecular flexibility index (Phi) is 5.59.